The van der Waals surface area contributed by atoms with Gasteiger partial charge in [-0.25, -0.2) is 9.67 Å². The lowest BCUT2D eigenvalue weighted by atomic mass is 10.0. The molecule has 1 aromatic carbocycles. The van der Waals surface area contributed by atoms with Crippen LogP contribution in [-0.4, -0.2) is 25.7 Å². The number of imidazole rings is 1. The van der Waals surface area contributed by atoms with E-state index in [9.17, 15) is 4.79 Å². The maximum absolute atomic E-state index is 12.5. The minimum Gasteiger partial charge on any atom is -0.384 e. The van der Waals surface area contributed by atoms with Gasteiger partial charge in [-0.15, -0.1) is 0 Å². The van der Waals surface area contributed by atoms with Crippen molar-refractivity contribution >= 4 is 22.8 Å². The Morgan fingerprint density at radius 1 is 1.32 bits per heavy atom. The average molecular weight is 340 g/mol. The summed E-state index contributed by atoms with van der Waals surface area (Å²) in [5.74, 6) is 1.27. The predicted octanol–water partition coefficient (Wildman–Crippen LogP) is 2.47. The molecule has 2 aromatic heterocycles. The van der Waals surface area contributed by atoms with Crippen molar-refractivity contribution < 1.29 is 4.79 Å². The van der Waals surface area contributed by atoms with Crippen LogP contribution in [0.2, 0.25) is 0 Å². The predicted molar refractivity (Wildman–Crippen MR) is 97.9 cm³/mol. The number of aromatic nitrogens is 4. The minimum absolute atomic E-state index is 0.0855. The molecule has 2 heterocycles. The zero-order valence-electron chi connectivity index (χ0n) is 15.0. The zero-order chi connectivity index (χ0) is 18.1. The number of aromatic amines is 1. The fraction of sp³-hybridized carbons (Fsp3) is 0.389. The molecular formula is C18H24N6O. The number of hydrogen-bond donors (Lipinski definition) is 3. The molecule has 1 atom stereocenters. The van der Waals surface area contributed by atoms with Gasteiger partial charge >= 0.3 is 0 Å². The number of fused-ring (bicyclic) bond motifs is 1. The Kier molecular flexibility index (Phi) is 4.48. The Bertz CT molecular complexity index is 908. The molecule has 1 unspecified atom stereocenters. The van der Waals surface area contributed by atoms with E-state index in [1.807, 2.05) is 26.0 Å². The first-order chi connectivity index (χ1) is 11.8. The number of carbonyl (C=O) groups excluding carboxylic acids is 1. The van der Waals surface area contributed by atoms with Gasteiger partial charge in [0.25, 0.3) is 0 Å². The van der Waals surface area contributed by atoms with Crippen LogP contribution in [0.5, 0.6) is 0 Å². The van der Waals surface area contributed by atoms with Crippen molar-refractivity contribution in [2.24, 2.45) is 5.92 Å². The molecule has 0 saturated heterocycles. The molecule has 0 saturated carbocycles. The first kappa shape index (κ1) is 17.0. The number of nitrogens with one attached hydrogen (secondary N) is 2. The van der Waals surface area contributed by atoms with E-state index in [4.69, 9.17) is 5.73 Å². The number of H-pyrrole nitrogens is 1. The van der Waals surface area contributed by atoms with Crippen LogP contribution in [-0.2, 0) is 11.3 Å². The fourth-order valence-electron chi connectivity index (χ4n) is 2.89. The van der Waals surface area contributed by atoms with Crippen LogP contribution >= 0.6 is 0 Å². The highest BCUT2D eigenvalue weighted by molar-refractivity contribution is 5.78. The highest BCUT2D eigenvalue weighted by atomic mass is 16.2. The van der Waals surface area contributed by atoms with Gasteiger partial charge in [0.15, 0.2) is 0 Å². The molecule has 0 aliphatic rings. The third-order valence-corrected chi connectivity index (χ3v) is 4.16. The summed E-state index contributed by atoms with van der Waals surface area (Å²) in [5.41, 5.74) is 9.68. The summed E-state index contributed by atoms with van der Waals surface area (Å²) >= 11 is 0. The van der Waals surface area contributed by atoms with Crippen molar-refractivity contribution in [3.05, 3.63) is 41.3 Å². The van der Waals surface area contributed by atoms with Gasteiger partial charge in [-0.3, -0.25) is 4.79 Å². The molecule has 0 spiro atoms. The van der Waals surface area contributed by atoms with Gasteiger partial charge in [0.05, 0.1) is 22.8 Å². The molecule has 0 aliphatic carbocycles. The van der Waals surface area contributed by atoms with E-state index in [-0.39, 0.29) is 24.4 Å². The second kappa shape index (κ2) is 6.58. The van der Waals surface area contributed by atoms with Gasteiger partial charge in [-0.2, -0.15) is 5.10 Å². The molecule has 0 fully saturated rings. The van der Waals surface area contributed by atoms with E-state index >= 15 is 0 Å². The zero-order valence-corrected chi connectivity index (χ0v) is 15.0. The summed E-state index contributed by atoms with van der Waals surface area (Å²) in [6.07, 6.45) is 0. The largest absolute Gasteiger partial charge is 0.384 e. The van der Waals surface area contributed by atoms with Gasteiger partial charge < -0.3 is 16.0 Å². The van der Waals surface area contributed by atoms with Crippen LogP contribution in [0.3, 0.4) is 0 Å². The van der Waals surface area contributed by atoms with Crippen LogP contribution in [0, 0.1) is 19.8 Å². The lowest BCUT2D eigenvalue weighted by Gasteiger charge is -2.20. The van der Waals surface area contributed by atoms with Crippen molar-refractivity contribution in [3.63, 3.8) is 0 Å². The van der Waals surface area contributed by atoms with E-state index in [0.717, 1.165) is 28.1 Å². The Morgan fingerprint density at radius 3 is 2.72 bits per heavy atom. The van der Waals surface area contributed by atoms with E-state index in [1.54, 1.807) is 6.07 Å². The summed E-state index contributed by atoms with van der Waals surface area (Å²) in [6.45, 7) is 8.07. The van der Waals surface area contributed by atoms with E-state index < -0.39 is 0 Å². The summed E-state index contributed by atoms with van der Waals surface area (Å²) in [4.78, 5) is 20.4. The highest BCUT2D eigenvalue weighted by Gasteiger charge is 2.22. The van der Waals surface area contributed by atoms with Crippen molar-refractivity contribution in [2.75, 3.05) is 5.73 Å². The quantitative estimate of drug-likeness (QED) is 0.664. The van der Waals surface area contributed by atoms with E-state index in [0.29, 0.717) is 5.82 Å². The van der Waals surface area contributed by atoms with Crippen LogP contribution in [0.4, 0.5) is 5.82 Å². The number of nitrogens with zero attached hydrogens (tertiary/aromatic N) is 3. The molecule has 7 nitrogen and oxygen atoms in total. The number of amides is 1. The molecule has 3 aromatic rings. The summed E-state index contributed by atoms with van der Waals surface area (Å²) in [5, 5.41) is 7.27. The number of rotatable bonds is 5. The third kappa shape index (κ3) is 3.65. The Labute approximate surface area is 146 Å². The van der Waals surface area contributed by atoms with Gasteiger partial charge in [0, 0.05) is 6.07 Å². The second-order valence-corrected chi connectivity index (χ2v) is 6.80. The number of benzene rings is 1. The smallest absolute Gasteiger partial charge is 0.242 e. The highest BCUT2D eigenvalue weighted by Crippen LogP contribution is 2.23. The van der Waals surface area contributed by atoms with Crippen LogP contribution in [0.25, 0.3) is 11.0 Å². The number of carbonyl (C=O) groups is 1. The standard InChI is InChI=1S/C18H24N6O/c1-10(2)17(18-20-13-6-5-11(3)7-14(13)21-18)22-16(25)9-24-15(19)8-12(4)23-24/h5-8,10,17H,9,19H2,1-4H3,(H,20,21)(H,22,25). The number of anilines is 1. The van der Waals surface area contributed by atoms with Crippen molar-refractivity contribution in [1.82, 2.24) is 25.1 Å². The monoisotopic (exact) mass is 340 g/mol. The molecule has 132 valence electrons. The maximum atomic E-state index is 12.5. The van der Waals surface area contributed by atoms with Crippen molar-refractivity contribution in [1.29, 1.82) is 0 Å². The van der Waals surface area contributed by atoms with Crippen LogP contribution in [0.15, 0.2) is 24.3 Å². The van der Waals surface area contributed by atoms with Gasteiger partial charge in [-0.1, -0.05) is 19.9 Å². The Morgan fingerprint density at radius 2 is 2.08 bits per heavy atom. The molecule has 25 heavy (non-hydrogen) atoms. The minimum atomic E-state index is -0.210. The molecule has 3 rings (SSSR count). The molecule has 0 aliphatic heterocycles. The second-order valence-electron chi connectivity index (χ2n) is 6.80. The fourth-order valence-corrected chi connectivity index (χ4v) is 2.89. The van der Waals surface area contributed by atoms with Crippen molar-refractivity contribution in [2.45, 2.75) is 40.3 Å². The van der Waals surface area contributed by atoms with Crippen molar-refractivity contribution in [3.8, 4) is 0 Å². The number of nitrogen functional groups attached to an aromatic ring is 1. The summed E-state index contributed by atoms with van der Waals surface area (Å²) < 4.78 is 1.50. The molecule has 0 radical (unpaired) electrons. The Balaban J connectivity index is 1.80. The lowest BCUT2D eigenvalue weighted by Crippen LogP contribution is -2.35. The SMILES string of the molecule is Cc1ccc2nc(C(NC(=O)Cn3nc(C)cc3N)C(C)C)[nH]c2c1. The topological polar surface area (TPSA) is 102 Å². The van der Waals surface area contributed by atoms with E-state index in [2.05, 4.69) is 40.3 Å². The lowest BCUT2D eigenvalue weighted by molar-refractivity contribution is -0.123. The van der Waals surface area contributed by atoms with Crippen LogP contribution in [0.1, 0.15) is 37.0 Å². The third-order valence-electron chi connectivity index (χ3n) is 4.16. The van der Waals surface area contributed by atoms with E-state index in [1.165, 1.54) is 4.68 Å². The number of hydrogen-bond acceptors (Lipinski definition) is 4. The molecule has 0 bridgehead atoms. The van der Waals surface area contributed by atoms with Crippen LogP contribution < -0.4 is 11.1 Å². The maximum Gasteiger partial charge on any atom is 0.242 e. The Hall–Kier alpha value is -2.83. The van der Waals surface area contributed by atoms with Gasteiger partial charge in [0.1, 0.15) is 18.2 Å². The molecular weight excluding hydrogens is 316 g/mol. The molecule has 1 amide bonds. The normalized spacial score (nSPS) is 12.7. The first-order valence-electron chi connectivity index (χ1n) is 8.39. The summed E-state index contributed by atoms with van der Waals surface area (Å²) in [6, 6.07) is 7.60. The first-order valence-corrected chi connectivity index (χ1v) is 8.39. The molecule has 4 N–H and O–H groups in total. The summed E-state index contributed by atoms with van der Waals surface area (Å²) in [7, 11) is 0. The number of aryl methyl sites for hydroxylation is 2. The molecule has 7 heteroatoms. The number of nitrogens with two attached hydrogens (primary N) is 1. The average Bonchev–Trinajstić information content (AvgIpc) is 3.07. The van der Waals surface area contributed by atoms with Gasteiger partial charge in [-0.05, 0) is 37.5 Å². The van der Waals surface area contributed by atoms with Gasteiger partial charge in [0.2, 0.25) is 5.91 Å².